The van der Waals surface area contributed by atoms with Crippen molar-refractivity contribution < 1.29 is 4.92 Å². The molecule has 2 N–H and O–H groups in total. The Morgan fingerprint density at radius 3 is 2.68 bits per heavy atom. The molecule has 0 spiro atoms. The highest BCUT2D eigenvalue weighted by Crippen LogP contribution is 2.40. The van der Waals surface area contributed by atoms with E-state index in [4.69, 9.17) is 5.73 Å². The Morgan fingerprint density at radius 2 is 1.95 bits per heavy atom. The minimum atomic E-state index is -0.388. The molecular formula is C15H12N4O2S. The Hall–Kier alpha value is -2.54. The van der Waals surface area contributed by atoms with Crippen molar-refractivity contribution in [2.45, 2.75) is 19.3 Å². The molecule has 0 aliphatic heterocycles. The summed E-state index contributed by atoms with van der Waals surface area (Å²) in [6, 6.07) is 6.66. The summed E-state index contributed by atoms with van der Waals surface area (Å²) in [7, 11) is 0. The van der Waals surface area contributed by atoms with Gasteiger partial charge in [-0.3, -0.25) is 10.1 Å². The van der Waals surface area contributed by atoms with Gasteiger partial charge in [-0.1, -0.05) is 11.3 Å². The van der Waals surface area contributed by atoms with E-state index >= 15 is 0 Å². The Balaban J connectivity index is 1.98. The highest BCUT2D eigenvalue weighted by Gasteiger charge is 2.23. The largest absolute Gasteiger partial charge is 0.375 e. The maximum absolute atomic E-state index is 10.8. The number of fused-ring (bicyclic) bond motifs is 2. The monoisotopic (exact) mass is 312 g/mol. The predicted molar refractivity (Wildman–Crippen MR) is 85.9 cm³/mol. The van der Waals surface area contributed by atoms with Crippen LogP contribution in [0.15, 0.2) is 24.3 Å². The Morgan fingerprint density at radius 1 is 1.18 bits per heavy atom. The molecule has 7 heteroatoms. The smallest absolute Gasteiger partial charge is 0.269 e. The van der Waals surface area contributed by atoms with Gasteiger partial charge in [0.1, 0.15) is 0 Å². The number of benzene rings is 1. The van der Waals surface area contributed by atoms with Gasteiger partial charge in [0.2, 0.25) is 0 Å². The number of nitrogens with zero attached hydrogens (tertiary/aromatic N) is 3. The van der Waals surface area contributed by atoms with Crippen molar-refractivity contribution in [2.75, 3.05) is 5.73 Å². The van der Waals surface area contributed by atoms with Gasteiger partial charge >= 0.3 is 0 Å². The van der Waals surface area contributed by atoms with Crippen LogP contribution in [-0.2, 0) is 12.8 Å². The molecule has 0 atom stereocenters. The maximum Gasteiger partial charge on any atom is 0.269 e. The molecule has 110 valence electrons. The second-order valence-electron chi connectivity index (χ2n) is 5.27. The molecule has 0 fully saturated rings. The molecule has 3 aromatic rings. The molecule has 4 rings (SSSR count). The SMILES string of the molecule is Nc1nc2nc3c(c(-c4ccc([N+](=O)[O-])cc4)c2s1)CCC3. The number of pyridine rings is 1. The van der Waals surface area contributed by atoms with E-state index in [1.807, 2.05) is 0 Å². The van der Waals surface area contributed by atoms with Crippen LogP contribution in [0.1, 0.15) is 17.7 Å². The molecule has 6 nitrogen and oxygen atoms in total. The first-order valence-electron chi connectivity index (χ1n) is 6.96. The highest BCUT2D eigenvalue weighted by atomic mass is 32.1. The van der Waals surface area contributed by atoms with Crippen LogP contribution in [0.5, 0.6) is 0 Å². The van der Waals surface area contributed by atoms with Crippen molar-refractivity contribution >= 4 is 32.5 Å². The average molecular weight is 312 g/mol. The normalized spacial score (nSPS) is 13.5. The second kappa shape index (κ2) is 4.74. The van der Waals surface area contributed by atoms with Crippen LogP contribution in [-0.4, -0.2) is 14.9 Å². The van der Waals surface area contributed by atoms with Gasteiger partial charge in [-0.15, -0.1) is 0 Å². The van der Waals surface area contributed by atoms with E-state index in [-0.39, 0.29) is 10.6 Å². The van der Waals surface area contributed by atoms with Crippen molar-refractivity contribution in [2.24, 2.45) is 0 Å². The molecule has 0 saturated heterocycles. The predicted octanol–water partition coefficient (Wildman–Crippen LogP) is 3.34. The van der Waals surface area contributed by atoms with E-state index in [0.717, 1.165) is 40.8 Å². The number of hydrogen-bond donors (Lipinski definition) is 1. The first kappa shape index (κ1) is 13.1. The quantitative estimate of drug-likeness (QED) is 0.578. The molecule has 0 saturated carbocycles. The van der Waals surface area contributed by atoms with E-state index in [1.54, 1.807) is 12.1 Å². The first-order chi connectivity index (χ1) is 10.6. The number of nitro benzene ring substituents is 1. The van der Waals surface area contributed by atoms with Crippen molar-refractivity contribution in [1.82, 2.24) is 9.97 Å². The fourth-order valence-electron chi connectivity index (χ4n) is 3.01. The molecule has 1 aromatic carbocycles. The second-order valence-corrected chi connectivity index (χ2v) is 6.31. The summed E-state index contributed by atoms with van der Waals surface area (Å²) in [5, 5.41) is 11.3. The van der Waals surface area contributed by atoms with Crippen molar-refractivity contribution in [3.63, 3.8) is 0 Å². The summed E-state index contributed by atoms with van der Waals surface area (Å²) in [4.78, 5) is 19.4. The number of nitro groups is 1. The topological polar surface area (TPSA) is 94.9 Å². The third-order valence-corrected chi connectivity index (χ3v) is 4.84. The van der Waals surface area contributed by atoms with E-state index in [0.29, 0.717) is 10.8 Å². The molecule has 2 aromatic heterocycles. The Labute approximate surface area is 129 Å². The van der Waals surface area contributed by atoms with Gasteiger partial charge in [0.05, 0.1) is 9.62 Å². The highest BCUT2D eigenvalue weighted by molar-refractivity contribution is 7.22. The van der Waals surface area contributed by atoms with Gasteiger partial charge in [0.25, 0.3) is 5.69 Å². The zero-order chi connectivity index (χ0) is 15.3. The first-order valence-corrected chi connectivity index (χ1v) is 7.78. The number of nitrogen functional groups attached to an aromatic ring is 1. The lowest BCUT2D eigenvalue weighted by atomic mass is 9.99. The fourth-order valence-corrected chi connectivity index (χ4v) is 3.87. The lowest BCUT2D eigenvalue weighted by molar-refractivity contribution is -0.384. The summed E-state index contributed by atoms with van der Waals surface area (Å²) < 4.78 is 0.965. The van der Waals surface area contributed by atoms with Crippen LogP contribution in [0.4, 0.5) is 10.8 Å². The zero-order valence-electron chi connectivity index (χ0n) is 11.6. The summed E-state index contributed by atoms with van der Waals surface area (Å²) in [6.07, 6.45) is 3.00. The number of non-ortho nitro benzene ring substituents is 1. The van der Waals surface area contributed by atoms with Crippen molar-refractivity contribution in [3.05, 3.63) is 45.6 Å². The third-order valence-electron chi connectivity index (χ3n) is 3.95. The summed E-state index contributed by atoms with van der Waals surface area (Å²) in [5.41, 5.74) is 11.0. The molecule has 0 radical (unpaired) electrons. The van der Waals surface area contributed by atoms with Gasteiger partial charge in [0.15, 0.2) is 10.8 Å². The molecular weight excluding hydrogens is 300 g/mol. The molecule has 0 unspecified atom stereocenters. The number of nitrogens with two attached hydrogens (primary N) is 1. The number of aromatic nitrogens is 2. The zero-order valence-corrected chi connectivity index (χ0v) is 12.4. The van der Waals surface area contributed by atoms with Crippen LogP contribution < -0.4 is 5.73 Å². The van der Waals surface area contributed by atoms with Crippen LogP contribution >= 0.6 is 11.3 Å². The van der Waals surface area contributed by atoms with Crippen molar-refractivity contribution in [3.8, 4) is 11.1 Å². The molecule has 2 heterocycles. The van der Waals surface area contributed by atoms with Gasteiger partial charge < -0.3 is 5.73 Å². The third kappa shape index (κ3) is 1.93. The summed E-state index contributed by atoms with van der Waals surface area (Å²) in [6.45, 7) is 0. The van der Waals surface area contributed by atoms with E-state index in [1.165, 1.54) is 29.0 Å². The van der Waals surface area contributed by atoms with Gasteiger partial charge in [0, 0.05) is 23.4 Å². The van der Waals surface area contributed by atoms with Crippen LogP contribution in [0, 0.1) is 10.1 Å². The van der Waals surface area contributed by atoms with Gasteiger partial charge in [-0.25, -0.2) is 9.97 Å². The number of hydrogen-bond acceptors (Lipinski definition) is 6. The standard InChI is InChI=1S/C15H12N4O2S/c16-15-18-14-13(22-15)12(10-2-1-3-11(10)17-14)8-4-6-9(7-5-8)19(20)21/h4-7H,1-3H2,(H2,16,17,18). The number of anilines is 1. The maximum atomic E-state index is 10.8. The molecule has 0 bridgehead atoms. The Kier molecular flexibility index (Phi) is 2.83. The van der Waals surface area contributed by atoms with Gasteiger partial charge in [-0.05, 0) is 42.5 Å². The molecule has 0 amide bonds. The number of aryl methyl sites for hydroxylation is 1. The van der Waals surface area contributed by atoms with Crippen LogP contribution in [0.2, 0.25) is 0 Å². The number of rotatable bonds is 2. The van der Waals surface area contributed by atoms with E-state index in [2.05, 4.69) is 9.97 Å². The fraction of sp³-hybridized carbons (Fsp3) is 0.200. The lowest BCUT2D eigenvalue weighted by Gasteiger charge is -2.09. The molecule has 1 aliphatic rings. The minimum absolute atomic E-state index is 0.0921. The van der Waals surface area contributed by atoms with Crippen LogP contribution in [0.25, 0.3) is 21.5 Å². The average Bonchev–Trinajstić information content (AvgIpc) is 3.09. The summed E-state index contributed by atoms with van der Waals surface area (Å²) in [5.74, 6) is 0. The van der Waals surface area contributed by atoms with E-state index in [9.17, 15) is 10.1 Å². The molecule has 22 heavy (non-hydrogen) atoms. The number of thiazole rings is 1. The minimum Gasteiger partial charge on any atom is -0.375 e. The lowest BCUT2D eigenvalue weighted by Crippen LogP contribution is -1.94. The van der Waals surface area contributed by atoms with Crippen LogP contribution in [0.3, 0.4) is 0 Å². The Bertz CT molecular complexity index is 902. The summed E-state index contributed by atoms with van der Waals surface area (Å²) >= 11 is 1.42. The van der Waals surface area contributed by atoms with Crippen molar-refractivity contribution in [1.29, 1.82) is 0 Å². The molecule has 1 aliphatic carbocycles. The van der Waals surface area contributed by atoms with Gasteiger partial charge in [-0.2, -0.15) is 0 Å². The van der Waals surface area contributed by atoms with E-state index < -0.39 is 0 Å².